The second kappa shape index (κ2) is 9.45. The lowest BCUT2D eigenvalue weighted by molar-refractivity contribution is -0.137. The molecule has 0 bridgehead atoms. The minimum absolute atomic E-state index is 0. The first-order valence-corrected chi connectivity index (χ1v) is 9.26. The number of benzene rings is 2. The van der Waals surface area contributed by atoms with Gasteiger partial charge in [0, 0.05) is 37.5 Å². The minimum atomic E-state index is -0.830. The highest BCUT2D eigenvalue weighted by molar-refractivity contribution is 6.29. The molecule has 158 valence electrons. The van der Waals surface area contributed by atoms with Gasteiger partial charge in [0.05, 0.1) is 12.1 Å². The molecule has 0 saturated carbocycles. The van der Waals surface area contributed by atoms with Gasteiger partial charge in [-0.25, -0.2) is 0 Å². The lowest BCUT2D eigenvalue weighted by Crippen LogP contribution is -2.27. The average Bonchev–Trinajstić information content (AvgIpc) is 3.04. The lowest BCUT2D eigenvalue weighted by Gasteiger charge is -2.19. The molecule has 0 aliphatic carbocycles. The van der Waals surface area contributed by atoms with Crippen LogP contribution in [0.4, 0.5) is 5.69 Å². The van der Waals surface area contributed by atoms with E-state index in [1.54, 1.807) is 29.2 Å². The maximum Gasteiger partial charge on any atom is 0.303 e. The Morgan fingerprint density at radius 3 is 2.23 bits per heavy atom. The number of hydrogen-bond donors (Lipinski definition) is 3. The molecule has 0 spiro atoms. The summed E-state index contributed by atoms with van der Waals surface area (Å²) in [4.78, 5) is 27.6. The molecule has 0 fully saturated rings. The third-order valence-corrected chi connectivity index (χ3v) is 4.96. The molecule has 3 rings (SSSR count). The Kier molecular flexibility index (Phi) is 7.24. The summed E-state index contributed by atoms with van der Waals surface area (Å²) in [6, 6.07) is 14.5. The van der Waals surface area contributed by atoms with E-state index in [1.165, 1.54) is 0 Å². The fourth-order valence-electron chi connectivity index (χ4n) is 3.33. The first-order chi connectivity index (χ1) is 13.8. The molecule has 0 radical (unpaired) electrons. The van der Waals surface area contributed by atoms with Crippen molar-refractivity contribution < 1.29 is 14.7 Å². The molecule has 1 aliphatic heterocycles. The molecule has 0 saturated heterocycles. The number of likely N-dealkylation sites (N-methyl/N-ethyl adjacent to an activating group) is 1. The Bertz CT molecular complexity index is 982. The summed E-state index contributed by atoms with van der Waals surface area (Å²) in [5.41, 5.74) is 10.1. The van der Waals surface area contributed by atoms with Crippen LogP contribution >= 0.6 is 12.4 Å². The number of carboxylic acid groups (broad SMARTS) is 1. The standard InChI is InChI=1S/C22H24N4O3.ClH/c1-25(2)18-13-26(17-10-8-16(9-11-17)21(23)24)22(29)20(18)15-6-3-14(4-7-15)5-12-19(27)28;/h3-4,6-11H,5,12-13H2,1-2H3,(H3,23,24)(H,27,28);1H. The van der Waals surface area contributed by atoms with Crippen molar-refractivity contribution in [3.63, 3.8) is 0 Å². The first-order valence-electron chi connectivity index (χ1n) is 9.26. The van der Waals surface area contributed by atoms with E-state index in [9.17, 15) is 9.59 Å². The number of amidine groups is 1. The Hall–Kier alpha value is -3.32. The van der Waals surface area contributed by atoms with Crippen LogP contribution in [0.3, 0.4) is 0 Å². The van der Waals surface area contributed by atoms with Gasteiger partial charge in [-0.3, -0.25) is 15.0 Å². The number of carboxylic acids is 1. The van der Waals surface area contributed by atoms with E-state index in [0.29, 0.717) is 24.1 Å². The number of amides is 1. The van der Waals surface area contributed by atoms with Gasteiger partial charge in [-0.05, 0) is 41.8 Å². The van der Waals surface area contributed by atoms with Crippen LogP contribution in [0.15, 0.2) is 54.2 Å². The zero-order valence-electron chi connectivity index (χ0n) is 16.9. The van der Waals surface area contributed by atoms with Crippen molar-refractivity contribution in [3.8, 4) is 0 Å². The van der Waals surface area contributed by atoms with Crippen molar-refractivity contribution in [2.24, 2.45) is 5.73 Å². The number of rotatable bonds is 7. The van der Waals surface area contributed by atoms with Crippen LogP contribution in [0, 0.1) is 5.41 Å². The van der Waals surface area contributed by atoms with E-state index in [4.69, 9.17) is 16.2 Å². The third kappa shape index (κ3) is 4.80. The van der Waals surface area contributed by atoms with Gasteiger partial charge in [0.1, 0.15) is 5.84 Å². The highest BCUT2D eigenvalue weighted by Gasteiger charge is 2.33. The second-order valence-electron chi connectivity index (χ2n) is 7.16. The number of hydrogen-bond acceptors (Lipinski definition) is 4. The predicted octanol–water partition coefficient (Wildman–Crippen LogP) is 2.73. The second-order valence-corrected chi connectivity index (χ2v) is 7.16. The molecule has 0 atom stereocenters. The zero-order valence-corrected chi connectivity index (χ0v) is 17.7. The summed E-state index contributed by atoms with van der Waals surface area (Å²) < 4.78 is 0. The number of nitrogen functional groups attached to an aromatic ring is 1. The normalized spacial score (nSPS) is 13.3. The highest BCUT2D eigenvalue weighted by Crippen LogP contribution is 2.33. The summed E-state index contributed by atoms with van der Waals surface area (Å²) in [6.45, 7) is 0.446. The Morgan fingerprint density at radius 1 is 1.13 bits per heavy atom. The Balaban J connectivity index is 0.00000320. The number of aryl methyl sites for hydroxylation is 1. The van der Waals surface area contributed by atoms with E-state index < -0.39 is 5.97 Å². The first kappa shape index (κ1) is 23.0. The van der Waals surface area contributed by atoms with E-state index in [0.717, 1.165) is 22.5 Å². The minimum Gasteiger partial charge on any atom is -0.481 e. The molecule has 30 heavy (non-hydrogen) atoms. The Labute approximate surface area is 181 Å². The summed E-state index contributed by atoms with van der Waals surface area (Å²) >= 11 is 0. The quantitative estimate of drug-likeness (QED) is 0.464. The number of nitrogens with zero attached hydrogens (tertiary/aromatic N) is 2. The van der Waals surface area contributed by atoms with Crippen LogP contribution in [0.5, 0.6) is 0 Å². The lowest BCUT2D eigenvalue weighted by atomic mass is 10.0. The fraction of sp³-hybridized carbons (Fsp3) is 0.227. The average molecular weight is 429 g/mol. The van der Waals surface area contributed by atoms with Gasteiger partial charge in [0.15, 0.2) is 0 Å². The van der Waals surface area contributed by atoms with Gasteiger partial charge in [-0.1, -0.05) is 24.3 Å². The van der Waals surface area contributed by atoms with Gasteiger partial charge in [-0.2, -0.15) is 0 Å². The number of anilines is 1. The fourth-order valence-corrected chi connectivity index (χ4v) is 3.33. The monoisotopic (exact) mass is 428 g/mol. The number of nitrogens with two attached hydrogens (primary N) is 1. The van der Waals surface area contributed by atoms with Gasteiger partial charge in [0.2, 0.25) is 0 Å². The largest absolute Gasteiger partial charge is 0.481 e. The van der Waals surface area contributed by atoms with E-state index in [2.05, 4.69) is 0 Å². The molecule has 0 unspecified atom stereocenters. The highest BCUT2D eigenvalue weighted by atomic mass is 35.5. The molecular weight excluding hydrogens is 404 g/mol. The van der Waals surface area contributed by atoms with Crippen LogP contribution in [0.1, 0.15) is 23.1 Å². The summed E-state index contributed by atoms with van der Waals surface area (Å²) in [7, 11) is 3.82. The molecular formula is C22H25ClN4O3. The van der Waals surface area contributed by atoms with Crippen LogP contribution in [0.25, 0.3) is 5.57 Å². The molecule has 1 heterocycles. The smallest absolute Gasteiger partial charge is 0.303 e. The van der Waals surface area contributed by atoms with Gasteiger partial charge >= 0.3 is 5.97 Å². The summed E-state index contributed by atoms with van der Waals surface area (Å²) in [5.74, 6) is -0.938. The third-order valence-electron chi connectivity index (χ3n) is 4.96. The number of nitrogens with one attached hydrogen (secondary N) is 1. The van der Waals surface area contributed by atoms with Crippen LogP contribution < -0.4 is 10.6 Å². The maximum atomic E-state index is 13.2. The van der Waals surface area contributed by atoms with Gasteiger partial charge in [0.25, 0.3) is 5.91 Å². The van der Waals surface area contributed by atoms with Crippen molar-refractivity contribution >= 4 is 41.4 Å². The summed E-state index contributed by atoms with van der Waals surface area (Å²) in [5, 5.41) is 16.3. The van der Waals surface area contributed by atoms with Crippen molar-refractivity contribution in [1.82, 2.24) is 4.90 Å². The molecule has 2 aromatic carbocycles. The van der Waals surface area contributed by atoms with Crippen molar-refractivity contribution in [3.05, 3.63) is 70.9 Å². The molecule has 1 aliphatic rings. The topological polar surface area (TPSA) is 111 Å². The van der Waals surface area contributed by atoms with Crippen LogP contribution in [-0.4, -0.2) is 48.4 Å². The van der Waals surface area contributed by atoms with Crippen molar-refractivity contribution in [1.29, 1.82) is 5.41 Å². The molecule has 7 nitrogen and oxygen atoms in total. The molecule has 0 aromatic heterocycles. The van der Waals surface area contributed by atoms with Gasteiger partial charge in [-0.15, -0.1) is 12.4 Å². The SMILES string of the molecule is CN(C)C1=C(c2ccc(CCC(=O)O)cc2)C(=O)N(c2ccc(C(=N)N)cc2)C1.Cl. The van der Waals surface area contributed by atoms with E-state index in [1.807, 2.05) is 43.3 Å². The molecule has 1 amide bonds. The Morgan fingerprint density at radius 2 is 1.73 bits per heavy atom. The number of aliphatic carboxylic acids is 1. The van der Waals surface area contributed by atoms with Crippen LogP contribution in [-0.2, 0) is 16.0 Å². The number of halogens is 1. The molecule has 4 N–H and O–H groups in total. The van der Waals surface area contributed by atoms with E-state index in [-0.39, 0.29) is 30.6 Å². The summed E-state index contributed by atoms with van der Waals surface area (Å²) in [6.07, 6.45) is 0.533. The molecule has 8 heteroatoms. The number of carbonyl (C=O) groups is 2. The van der Waals surface area contributed by atoms with E-state index >= 15 is 0 Å². The maximum absolute atomic E-state index is 13.2. The number of carbonyl (C=O) groups excluding carboxylic acids is 1. The molecule has 2 aromatic rings. The van der Waals surface area contributed by atoms with Crippen molar-refractivity contribution in [2.45, 2.75) is 12.8 Å². The predicted molar refractivity (Wildman–Crippen MR) is 120 cm³/mol. The van der Waals surface area contributed by atoms with Crippen LogP contribution in [0.2, 0.25) is 0 Å². The van der Waals surface area contributed by atoms with Crippen molar-refractivity contribution in [2.75, 3.05) is 25.5 Å². The van der Waals surface area contributed by atoms with Gasteiger partial charge < -0.3 is 20.6 Å². The zero-order chi connectivity index (χ0) is 21.1.